The van der Waals surface area contributed by atoms with Crippen LogP contribution in [0.1, 0.15) is 18.1 Å². The van der Waals surface area contributed by atoms with Crippen LogP contribution >= 0.6 is 0 Å². The number of hydrogen-bond acceptors (Lipinski definition) is 1. The van der Waals surface area contributed by atoms with E-state index in [1.807, 2.05) is 0 Å². The number of carbonyl (C=O) groups is 1. The lowest BCUT2D eigenvalue weighted by molar-refractivity contribution is -0.137. The van der Waals surface area contributed by atoms with Gasteiger partial charge in [-0.15, -0.1) is 0 Å². The van der Waals surface area contributed by atoms with Crippen LogP contribution < -0.4 is 5.32 Å². The van der Waals surface area contributed by atoms with Crippen molar-refractivity contribution in [3.05, 3.63) is 35.4 Å². The van der Waals surface area contributed by atoms with Crippen molar-refractivity contribution in [1.82, 2.24) is 5.32 Å². The summed E-state index contributed by atoms with van der Waals surface area (Å²) < 4.78 is 37.6. The highest BCUT2D eigenvalue weighted by Gasteiger charge is 2.32. The van der Waals surface area contributed by atoms with Crippen molar-refractivity contribution in [3.8, 4) is 11.8 Å². The quantitative estimate of drug-likeness (QED) is 0.750. The van der Waals surface area contributed by atoms with E-state index in [9.17, 15) is 18.0 Å². The SMILES string of the molecule is CC(=O)NCC#Cc1ccccc1C(F)(F)F. The Kier molecular flexibility index (Phi) is 4.16. The van der Waals surface area contributed by atoms with Crippen LogP contribution in [0.2, 0.25) is 0 Å². The van der Waals surface area contributed by atoms with Crippen LogP contribution in [0.15, 0.2) is 24.3 Å². The summed E-state index contributed by atoms with van der Waals surface area (Å²) in [6.07, 6.45) is -4.42. The molecule has 1 amide bonds. The molecule has 1 rings (SSSR count). The molecule has 0 saturated heterocycles. The van der Waals surface area contributed by atoms with E-state index < -0.39 is 11.7 Å². The molecule has 1 N–H and O–H groups in total. The largest absolute Gasteiger partial charge is 0.417 e. The second-order valence-corrected chi connectivity index (χ2v) is 3.25. The Morgan fingerprint density at radius 1 is 1.35 bits per heavy atom. The molecule has 1 aromatic carbocycles. The van der Waals surface area contributed by atoms with E-state index >= 15 is 0 Å². The monoisotopic (exact) mass is 241 g/mol. The third-order valence-corrected chi connectivity index (χ3v) is 1.88. The van der Waals surface area contributed by atoms with Crippen LogP contribution in [0.5, 0.6) is 0 Å². The molecule has 0 aliphatic rings. The van der Waals surface area contributed by atoms with Gasteiger partial charge in [0, 0.05) is 12.5 Å². The average molecular weight is 241 g/mol. The molecule has 0 bridgehead atoms. The predicted octanol–water partition coefficient (Wildman–Crippen LogP) is 2.19. The van der Waals surface area contributed by atoms with Gasteiger partial charge < -0.3 is 5.32 Å². The van der Waals surface area contributed by atoms with Gasteiger partial charge in [0.2, 0.25) is 5.91 Å². The van der Waals surface area contributed by atoms with Crippen molar-refractivity contribution in [1.29, 1.82) is 0 Å². The van der Waals surface area contributed by atoms with Gasteiger partial charge in [-0.1, -0.05) is 24.0 Å². The van der Waals surface area contributed by atoms with Crippen LogP contribution in [0.3, 0.4) is 0 Å². The van der Waals surface area contributed by atoms with Crippen LogP contribution in [0.25, 0.3) is 0 Å². The van der Waals surface area contributed by atoms with E-state index in [1.165, 1.54) is 25.1 Å². The van der Waals surface area contributed by atoms with Crippen molar-refractivity contribution in [3.63, 3.8) is 0 Å². The Balaban J connectivity index is 2.88. The number of halogens is 3. The standard InChI is InChI=1S/C12H10F3NO/c1-9(17)16-8-4-6-10-5-2-3-7-11(10)12(13,14)15/h2-3,5,7H,8H2,1H3,(H,16,17). The number of nitrogens with one attached hydrogen (secondary N) is 1. The van der Waals surface area contributed by atoms with Crippen LogP contribution in [-0.4, -0.2) is 12.5 Å². The van der Waals surface area contributed by atoms with Crippen molar-refractivity contribution in [2.75, 3.05) is 6.54 Å². The molecular formula is C12H10F3NO. The molecule has 17 heavy (non-hydrogen) atoms. The molecule has 0 aliphatic heterocycles. The van der Waals surface area contributed by atoms with E-state index in [4.69, 9.17) is 0 Å². The second kappa shape index (κ2) is 5.39. The third kappa shape index (κ3) is 4.19. The van der Waals surface area contributed by atoms with Gasteiger partial charge in [-0.25, -0.2) is 0 Å². The van der Waals surface area contributed by atoms with Gasteiger partial charge in [0.05, 0.1) is 12.1 Å². The van der Waals surface area contributed by atoms with Gasteiger partial charge in [-0.2, -0.15) is 13.2 Å². The zero-order valence-electron chi connectivity index (χ0n) is 9.06. The molecule has 0 unspecified atom stereocenters. The lowest BCUT2D eigenvalue weighted by Gasteiger charge is -2.08. The normalized spacial score (nSPS) is 10.4. The molecule has 0 spiro atoms. The minimum atomic E-state index is -4.42. The van der Waals surface area contributed by atoms with Gasteiger partial charge in [0.25, 0.3) is 0 Å². The summed E-state index contributed by atoms with van der Waals surface area (Å²) >= 11 is 0. The molecule has 0 heterocycles. The number of alkyl halides is 3. The second-order valence-electron chi connectivity index (χ2n) is 3.25. The molecule has 2 nitrogen and oxygen atoms in total. The van der Waals surface area contributed by atoms with Crippen LogP contribution in [0, 0.1) is 11.8 Å². The molecule has 90 valence electrons. The van der Waals surface area contributed by atoms with Crippen molar-refractivity contribution in [2.45, 2.75) is 13.1 Å². The molecule has 0 radical (unpaired) electrons. The zero-order chi connectivity index (χ0) is 12.9. The highest BCUT2D eigenvalue weighted by Crippen LogP contribution is 2.31. The molecule has 0 aromatic heterocycles. The van der Waals surface area contributed by atoms with Crippen molar-refractivity contribution in [2.24, 2.45) is 0 Å². The number of amides is 1. The Labute approximate surface area is 96.8 Å². The minimum absolute atomic E-state index is 0.0293. The first-order valence-corrected chi connectivity index (χ1v) is 4.81. The van der Waals surface area contributed by atoms with Crippen molar-refractivity contribution >= 4 is 5.91 Å². The summed E-state index contributed by atoms with van der Waals surface area (Å²) in [7, 11) is 0. The fourth-order valence-corrected chi connectivity index (χ4v) is 1.15. The van der Waals surface area contributed by atoms with E-state index in [0.29, 0.717) is 0 Å². The molecule has 0 atom stereocenters. The van der Waals surface area contributed by atoms with E-state index in [2.05, 4.69) is 17.2 Å². The minimum Gasteiger partial charge on any atom is -0.345 e. The molecule has 5 heteroatoms. The third-order valence-electron chi connectivity index (χ3n) is 1.88. The molecule has 0 saturated carbocycles. The highest BCUT2D eigenvalue weighted by molar-refractivity contribution is 5.73. The van der Waals surface area contributed by atoms with Gasteiger partial charge >= 0.3 is 6.18 Å². The smallest absolute Gasteiger partial charge is 0.345 e. The maximum Gasteiger partial charge on any atom is 0.417 e. The predicted molar refractivity (Wildman–Crippen MR) is 57.0 cm³/mol. The number of hydrogen-bond donors (Lipinski definition) is 1. The number of rotatable bonds is 1. The van der Waals surface area contributed by atoms with Gasteiger partial charge in [0.1, 0.15) is 0 Å². The summed E-state index contributed by atoms with van der Waals surface area (Å²) in [4.78, 5) is 10.5. The Morgan fingerprint density at radius 2 is 2.00 bits per heavy atom. The van der Waals surface area contributed by atoms with Gasteiger partial charge in [-0.05, 0) is 12.1 Å². The first-order chi connectivity index (χ1) is 7.91. The Hall–Kier alpha value is -1.96. The number of benzene rings is 1. The molecule has 0 fully saturated rings. The maximum absolute atomic E-state index is 12.5. The Morgan fingerprint density at radius 3 is 2.59 bits per heavy atom. The average Bonchev–Trinajstić information content (AvgIpc) is 2.23. The van der Waals surface area contributed by atoms with Crippen LogP contribution in [0.4, 0.5) is 13.2 Å². The summed E-state index contributed by atoms with van der Waals surface area (Å²) in [6.45, 7) is 1.34. The molecule has 0 aliphatic carbocycles. The number of carbonyl (C=O) groups excluding carboxylic acids is 1. The summed E-state index contributed by atoms with van der Waals surface area (Å²) in [5.41, 5.74) is -0.860. The Bertz CT molecular complexity index is 469. The van der Waals surface area contributed by atoms with E-state index in [0.717, 1.165) is 6.07 Å². The summed E-state index contributed by atoms with van der Waals surface area (Å²) in [5, 5.41) is 2.38. The summed E-state index contributed by atoms with van der Waals surface area (Å²) in [6, 6.07) is 5.06. The fourth-order valence-electron chi connectivity index (χ4n) is 1.15. The van der Waals surface area contributed by atoms with Gasteiger partial charge in [0.15, 0.2) is 0 Å². The zero-order valence-corrected chi connectivity index (χ0v) is 9.06. The molecule has 1 aromatic rings. The van der Waals surface area contributed by atoms with Crippen LogP contribution in [-0.2, 0) is 11.0 Å². The van der Waals surface area contributed by atoms with E-state index in [1.54, 1.807) is 0 Å². The van der Waals surface area contributed by atoms with Gasteiger partial charge in [-0.3, -0.25) is 4.79 Å². The molecular weight excluding hydrogens is 231 g/mol. The fraction of sp³-hybridized carbons (Fsp3) is 0.250. The highest BCUT2D eigenvalue weighted by atomic mass is 19.4. The van der Waals surface area contributed by atoms with Crippen molar-refractivity contribution < 1.29 is 18.0 Å². The lowest BCUT2D eigenvalue weighted by Crippen LogP contribution is -2.19. The first kappa shape index (κ1) is 13.1. The van der Waals surface area contributed by atoms with E-state index in [-0.39, 0.29) is 18.0 Å². The maximum atomic E-state index is 12.5. The summed E-state index contributed by atoms with van der Waals surface area (Å²) in [5.74, 6) is 4.58. The lowest BCUT2D eigenvalue weighted by atomic mass is 10.1. The first-order valence-electron chi connectivity index (χ1n) is 4.81. The topological polar surface area (TPSA) is 29.1 Å².